The maximum absolute atomic E-state index is 13.2. The maximum atomic E-state index is 13.2. The fourth-order valence-electron chi connectivity index (χ4n) is 1.52. The highest BCUT2D eigenvalue weighted by molar-refractivity contribution is 5.73. The Morgan fingerprint density at radius 2 is 2.07 bits per heavy atom. The molecule has 1 N–H and O–H groups in total. The molecule has 1 aliphatic rings. The third kappa shape index (κ3) is 3.62. The summed E-state index contributed by atoms with van der Waals surface area (Å²) in [5.41, 5.74) is 0. The molecule has 0 aromatic carbocycles. The number of hydrogen-bond acceptors (Lipinski definition) is 2. The Balaban J connectivity index is 0.000000791. The molecule has 84 valence electrons. The molecule has 3 nitrogen and oxygen atoms in total. The first-order valence-electron chi connectivity index (χ1n) is 5.22. The van der Waals surface area contributed by atoms with E-state index in [0.717, 1.165) is 0 Å². The number of amides is 1. The number of nitrogens with one attached hydrogen (secondary N) is 1. The van der Waals surface area contributed by atoms with Crippen LogP contribution in [0, 0.1) is 0 Å². The minimum atomic E-state index is -0.923. The highest BCUT2D eigenvalue weighted by Crippen LogP contribution is 2.13. The smallest absolute Gasteiger partial charge is 0.219 e. The molecule has 1 heterocycles. The normalized spacial score (nSPS) is 26.5. The van der Waals surface area contributed by atoms with Crippen LogP contribution in [-0.2, 0) is 4.79 Å². The van der Waals surface area contributed by atoms with Gasteiger partial charge >= 0.3 is 0 Å². The van der Waals surface area contributed by atoms with E-state index in [2.05, 4.69) is 5.32 Å². The zero-order valence-corrected chi connectivity index (χ0v) is 9.51. The summed E-state index contributed by atoms with van der Waals surface area (Å²) < 4.78 is 13.2. The first-order valence-corrected chi connectivity index (χ1v) is 5.22. The van der Waals surface area contributed by atoms with Gasteiger partial charge in [-0.2, -0.15) is 0 Å². The van der Waals surface area contributed by atoms with Gasteiger partial charge in [-0.05, 0) is 13.5 Å². The van der Waals surface area contributed by atoms with Gasteiger partial charge in [-0.3, -0.25) is 4.79 Å². The van der Waals surface area contributed by atoms with E-state index in [1.165, 1.54) is 6.92 Å². The minimum Gasteiger partial charge on any atom is -0.340 e. The average molecular weight is 204 g/mol. The lowest BCUT2D eigenvalue weighted by Crippen LogP contribution is -2.51. The quantitative estimate of drug-likeness (QED) is 0.696. The van der Waals surface area contributed by atoms with Gasteiger partial charge in [0.25, 0.3) is 0 Å². The molecule has 1 amide bonds. The second-order valence-corrected chi connectivity index (χ2v) is 3.16. The number of rotatable bonds is 1. The van der Waals surface area contributed by atoms with Crippen LogP contribution in [0.4, 0.5) is 4.39 Å². The van der Waals surface area contributed by atoms with Gasteiger partial charge < -0.3 is 10.2 Å². The third-order valence-corrected chi connectivity index (χ3v) is 2.36. The van der Waals surface area contributed by atoms with Crippen molar-refractivity contribution < 1.29 is 9.18 Å². The molecular weight excluding hydrogens is 183 g/mol. The standard InChI is InChI=1S/C8H15FN2O.C2H6/c1-6(12)11-4-3-8(10-2)7(9)5-11;1-2/h7-8,10H,3-5H2,1-2H3;1-2H3. The lowest BCUT2D eigenvalue weighted by atomic mass is 10.0. The van der Waals surface area contributed by atoms with Crippen molar-refractivity contribution in [3.63, 3.8) is 0 Å². The van der Waals surface area contributed by atoms with Crippen molar-refractivity contribution in [1.29, 1.82) is 0 Å². The summed E-state index contributed by atoms with van der Waals surface area (Å²) in [4.78, 5) is 12.4. The van der Waals surface area contributed by atoms with Gasteiger partial charge in [-0.25, -0.2) is 4.39 Å². The van der Waals surface area contributed by atoms with E-state index >= 15 is 0 Å². The van der Waals surface area contributed by atoms with E-state index in [9.17, 15) is 9.18 Å². The summed E-state index contributed by atoms with van der Waals surface area (Å²) in [6.45, 7) is 6.38. The molecule has 0 aliphatic carbocycles. The highest BCUT2D eigenvalue weighted by Gasteiger charge is 2.28. The summed E-state index contributed by atoms with van der Waals surface area (Å²) in [5.74, 6) is -0.0350. The van der Waals surface area contributed by atoms with Crippen LogP contribution in [-0.4, -0.2) is 43.2 Å². The van der Waals surface area contributed by atoms with Crippen LogP contribution < -0.4 is 5.32 Å². The Hall–Kier alpha value is -0.640. The van der Waals surface area contributed by atoms with Gasteiger partial charge in [-0.15, -0.1) is 0 Å². The minimum absolute atomic E-state index is 0.0350. The zero-order chi connectivity index (χ0) is 11.1. The van der Waals surface area contributed by atoms with E-state index in [-0.39, 0.29) is 18.5 Å². The van der Waals surface area contributed by atoms with E-state index in [4.69, 9.17) is 0 Å². The topological polar surface area (TPSA) is 32.3 Å². The number of alkyl halides is 1. The summed E-state index contributed by atoms with van der Waals surface area (Å²) >= 11 is 0. The monoisotopic (exact) mass is 204 g/mol. The van der Waals surface area contributed by atoms with Crippen molar-refractivity contribution >= 4 is 5.91 Å². The van der Waals surface area contributed by atoms with Crippen LogP contribution in [0.2, 0.25) is 0 Å². The molecule has 4 heteroatoms. The van der Waals surface area contributed by atoms with Crippen LogP contribution in [0.25, 0.3) is 0 Å². The van der Waals surface area contributed by atoms with Gasteiger partial charge in [0.05, 0.1) is 6.54 Å². The van der Waals surface area contributed by atoms with Crippen LogP contribution in [0.5, 0.6) is 0 Å². The Labute approximate surface area is 85.7 Å². The van der Waals surface area contributed by atoms with E-state index in [1.54, 1.807) is 11.9 Å². The van der Waals surface area contributed by atoms with Gasteiger partial charge in [0, 0.05) is 19.5 Å². The second-order valence-electron chi connectivity index (χ2n) is 3.16. The fraction of sp³-hybridized carbons (Fsp3) is 0.900. The first kappa shape index (κ1) is 13.4. The van der Waals surface area contributed by atoms with Crippen LogP contribution in [0.3, 0.4) is 0 Å². The summed E-state index contributed by atoms with van der Waals surface area (Å²) in [6.07, 6.45) is -0.218. The van der Waals surface area contributed by atoms with Crippen molar-refractivity contribution in [2.45, 2.75) is 39.4 Å². The van der Waals surface area contributed by atoms with Crippen molar-refractivity contribution in [3.05, 3.63) is 0 Å². The number of piperidine rings is 1. The maximum Gasteiger partial charge on any atom is 0.219 e. The molecule has 0 saturated carbocycles. The second kappa shape index (κ2) is 6.76. The van der Waals surface area contributed by atoms with Gasteiger partial charge in [0.1, 0.15) is 6.17 Å². The lowest BCUT2D eigenvalue weighted by Gasteiger charge is -2.33. The molecule has 2 unspecified atom stereocenters. The number of carbonyl (C=O) groups excluding carboxylic acids is 1. The van der Waals surface area contributed by atoms with Crippen molar-refractivity contribution in [1.82, 2.24) is 10.2 Å². The number of nitrogens with zero attached hydrogens (tertiary/aromatic N) is 1. The molecule has 2 atom stereocenters. The molecular formula is C10H21FN2O. The van der Waals surface area contributed by atoms with E-state index in [1.807, 2.05) is 13.8 Å². The van der Waals surface area contributed by atoms with Crippen molar-refractivity contribution in [2.75, 3.05) is 20.1 Å². The highest BCUT2D eigenvalue weighted by atomic mass is 19.1. The summed E-state index contributed by atoms with van der Waals surface area (Å²) in [6, 6.07) is -0.0828. The van der Waals surface area contributed by atoms with Crippen LogP contribution in [0.1, 0.15) is 27.2 Å². The van der Waals surface area contributed by atoms with E-state index < -0.39 is 6.17 Å². The molecule has 1 rings (SSSR count). The SMILES string of the molecule is CC.CNC1CCN(C(C)=O)CC1F. The number of carbonyl (C=O) groups is 1. The molecule has 0 aromatic heterocycles. The van der Waals surface area contributed by atoms with Crippen molar-refractivity contribution in [3.8, 4) is 0 Å². The van der Waals surface area contributed by atoms with Gasteiger partial charge in [-0.1, -0.05) is 13.8 Å². The Morgan fingerprint density at radius 3 is 2.43 bits per heavy atom. The molecule has 0 bridgehead atoms. The number of halogens is 1. The number of hydrogen-bond donors (Lipinski definition) is 1. The Bertz CT molecular complexity index is 176. The van der Waals surface area contributed by atoms with Crippen LogP contribution in [0.15, 0.2) is 0 Å². The third-order valence-electron chi connectivity index (χ3n) is 2.36. The average Bonchev–Trinajstić information content (AvgIpc) is 2.20. The van der Waals surface area contributed by atoms with E-state index in [0.29, 0.717) is 13.0 Å². The summed E-state index contributed by atoms with van der Waals surface area (Å²) in [7, 11) is 1.75. The largest absolute Gasteiger partial charge is 0.340 e. The summed E-state index contributed by atoms with van der Waals surface area (Å²) in [5, 5.41) is 2.90. The van der Waals surface area contributed by atoms with Gasteiger partial charge in [0.2, 0.25) is 5.91 Å². The fourth-order valence-corrected chi connectivity index (χ4v) is 1.52. The first-order chi connectivity index (χ1) is 6.65. The predicted molar refractivity (Wildman–Crippen MR) is 56.0 cm³/mol. The molecule has 0 aromatic rings. The predicted octanol–water partition coefficient (Wildman–Crippen LogP) is 1.19. The van der Waals surface area contributed by atoms with Crippen molar-refractivity contribution in [2.24, 2.45) is 0 Å². The molecule has 14 heavy (non-hydrogen) atoms. The molecule has 1 saturated heterocycles. The Morgan fingerprint density at radius 1 is 1.50 bits per heavy atom. The van der Waals surface area contributed by atoms with Crippen LogP contribution >= 0.6 is 0 Å². The van der Waals surface area contributed by atoms with Gasteiger partial charge in [0.15, 0.2) is 0 Å². The molecule has 1 fully saturated rings. The molecule has 0 radical (unpaired) electrons. The molecule has 0 spiro atoms. The Kier molecular flexibility index (Phi) is 6.45. The lowest BCUT2D eigenvalue weighted by molar-refractivity contribution is -0.131. The zero-order valence-electron chi connectivity index (χ0n) is 9.51. The number of likely N-dealkylation sites (tertiary alicyclic amines) is 1. The molecule has 1 aliphatic heterocycles.